The number of rotatable bonds is 8. The van der Waals surface area contributed by atoms with Gasteiger partial charge in [-0.25, -0.2) is 4.98 Å². The molecule has 2 aromatic rings. The fourth-order valence-corrected chi connectivity index (χ4v) is 4.22. The van der Waals surface area contributed by atoms with Crippen molar-refractivity contribution < 1.29 is 14.3 Å². The van der Waals surface area contributed by atoms with Crippen molar-refractivity contribution in [3.05, 3.63) is 35.3 Å². The molecule has 0 unspecified atom stereocenters. The van der Waals surface area contributed by atoms with Crippen molar-refractivity contribution in [2.75, 3.05) is 13.2 Å². The lowest BCUT2D eigenvalue weighted by Gasteiger charge is -2.22. The lowest BCUT2D eigenvalue weighted by molar-refractivity contribution is -0.126. The number of amides is 2. The Labute approximate surface area is 169 Å². The molecule has 0 saturated heterocycles. The van der Waals surface area contributed by atoms with Gasteiger partial charge in [0.15, 0.2) is 0 Å². The third-order valence-electron chi connectivity index (χ3n) is 4.73. The lowest BCUT2D eigenvalue weighted by Crippen LogP contribution is -2.43. The van der Waals surface area contributed by atoms with Gasteiger partial charge in [-0.1, -0.05) is 31.4 Å². The topological polar surface area (TPSA) is 80.3 Å². The molecule has 1 aliphatic carbocycles. The van der Waals surface area contributed by atoms with E-state index in [-0.39, 0.29) is 30.8 Å². The number of para-hydroxylation sites is 1. The predicted octanol–water partition coefficient (Wildman–Crippen LogP) is 3.32. The van der Waals surface area contributed by atoms with Crippen LogP contribution in [-0.4, -0.2) is 36.0 Å². The minimum atomic E-state index is -0.200. The highest BCUT2D eigenvalue weighted by Gasteiger charge is 2.16. The fraction of sp³-hybridized carbons (Fsp3) is 0.476. The van der Waals surface area contributed by atoms with Crippen LogP contribution in [0.4, 0.5) is 0 Å². The van der Waals surface area contributed by atoms with Crippen LogP contribution in [0.25, 0.3) is 10.6 Å². The summed E-state index contributed by atoms with van der Waals surface area (Å²) >= 11 is 1.48. The number of carbonyl (C=O) groups is 2. The first-order valence-electron chi connectivity index (χ1n) is 9.88. The van der Waals surface area contributed by atoms with Gasteiger partial charge in [0.25, 0.3) is 0 Å². The molecule has 1 aromatic heterocycles. The normalized spacial score (nSPS) is 14.5. The van der Waals surface area contributed by atoms with E-state index in [1.165, 1.54) is 17.8 Å². The molecule has 1 heterocycles. The van der Waals surface area contributed by atoms with Crippen molar-refractivity contribution in [3.8, 4) is 16.3 Å². The molecular weight excluding hydrogens is 374 g/mol. The van der Waals surface area contributed by atoms with E-state index in [1.54, 1.807) is 0 Å². The summed E-state index contributed by atoms with van der Waals surface area (Å²) in [5, 5.41) is 8.39. The zero-order valence-electron chi connectivity index (χ0n) is 16.2. The van der Waals surface area contributed by atoms with Crippen LogP contribution in [0.1, 0.15) is 44.7 Å². The van der Waals surface area contributed by atoms with Crippen LogP contribution in [0.3, 0.4) is 0 Å². The molecule has 0 bridgehead atoms. The highest BCUT2D eigenvalue weighted by atomic mass is 32.1. The molecule has 0 atom stereocenters. The summed E-state index contributed by atoms with van der Waals surface area (Å²) in [6.45, 7) is 2.54. The number of nitrogens with one attached hydrogen (secondary N) is 2. The van der Waals surface area contributed by atoms with E-state index in [1.807, 2.05) is 36.6 Å². The molecule has 28 heavy (non-hydrogen) atoms. The Morgan fingerprint density at radius 2 is 1.96 bits per heavy atom. The molecule has 0 spiro atoms. The van der Waals surface area contributed by atoms with E-state index in [9.17, 15) is 9.59 Å². The van der Waals surface area contributed by atoms with Crippen molar-refractivity contribution in [1.82, 2.24) is 15.6 Å². The summed E-state index contributed by atoms with van der Waals surface area (Å²) in [6, 6.07) is 8.00. The van der Waals surface area contributed by atoms with Crippen LogP contribution in [0, 0.1) is 0 Å². The average molecular weight is 402 g/mol. The second-order valence-corrected chi connectivity index (χ2v) is 7.79. The van der Waals surface area contributed by atoms with Gasteiger partial charge in [-0.05, 0) is 31.9 Å². The molecule has 2 N–H and O–H groups in total. The average Bonchev–Trinajstić information content (AvgIpc) is 3.16. The molecule has 1 aromatic carbocycles. The minimum Gasteiger partial charge on any atom is -0.493 e. The van der Waals surface area contributed by atoms with Gasteiger partial charge >= 0.3 is 0 Å². The molecule has 1 saturated carbocycles. The SMILES string of the molecule is CCOc1ccccc1-c1nc(CC(=O)NCC(=O)NC2CCCCC2)cs1. The highest BCUT2D eigenvalue weighted by molar-refractivity contribution is 7.13. The summed E-state index contributed by atoms with van der Waals surface area (Å²) in [5.41, 5.74) is 1.62. The number of thiazole rings is 1. The first-order chi connectivity index (χ1) is 13.7. The maximum atomic E-state index is 12.2. The minimum absolute atomic E-state index is 0.0134. The standard InChI is InChI=1S/C21H27N3O3S/c1-2-27-18-11-7-6-10-17(18)21-24-16(14-28-21)12-19(25)22-13-20(26)23-15-8-4-3-5-9-15/h6-7,10-11,14-15H,2-5,8-9,12-13H2,1H3,(H,22,25)(H,23,26). The van der Waals surface area contributed by atoms with E-state index in [2.05, 4.69) is 15.6 Å². The van der Waals surface area contributed by atoms with Gasteiger partial charge in [-0.15, -0.1) is 11.3 Å². The van der Waals surface area contributed by atoms with Crippen molar-refractivity contribution in [3.63, 3.8) is 0 Å². The Morgan fingerprint density at radius 3 is 2.75 bits per heavy atom. The van der Waals surface area contributed by atoms with Crippen molar-refractivity contribution in [2.24, 2.45) is 0 Å². The Hall–Kier alpha value is -2.41. The molecule has 150 valence electrons. The Morgan fingerprint density at radius 1 is 1.18 bits per heavy atom. The van der Waals surface area contributed by atoms with E-state index < -0.39 is 0 Å². The van der Waals surface area contributed by atoms with Crippen molar-refractivity contribution in [1.29, 1.82) is 0 Å². The van der Waals surface area contributed by atoms with Crippen LogP contribution in [-0.2, 0) is 16.0 Å². The number of benzene rings is 1. The molecule has 6 nitrogen and oxygen atoms in total. The summed E-state index contributed by atoms with van der Waals surface area (Å²) in [6.07, 6.45) is 5.79. The number of nitrogens with zero attached hydrogens (tertiary/aromatic N) is 1. The third-order valence-corrected chi connectivity index (χ3v) is 5.65. The number of ether oxygens (including phenoxy) is 1. The quantitative estimate of drug-likeness (QED) is 0.711. The zero-order chi connectivity index (χ0) is 19.8. The predicted molar refractivity (Wildman–Crippen MR) is 110 cm³/mol. The maximum Gasteiger partial charge on any atom is 0.239 e. The molecular formula is C21H27N3O3S. The lowest BCUT2D eigenvalue weighted by atomic mass is 9.95. The molecule has 7 heteroatoms. The van der Waals surface area contributed by atoms with Gasteiger partial charge in [0, 0.05) is 11.4 Å². The van der Waals surface area contributed by atoms with Gasteiger partial charge < -0.3 is 15.4 Å². The van der Waals surface area contributed by atoms with Crippen molar-refractivity contribution in [2.45, 2.75) is 51.5 Å². The maximum absolute atomic E-state index is 12.2. The molecule has 2 amide bonds. The highest BCUT2D eigenvalue weighted by Crippen LogP contribution is 2.32. The summed E-state index contributed by atoms with van der Waals surface area (Å²) in [7, 11) is 0. The second-order valence-electron chi connectivity index (χ2n) is 6.93. The van der Waals surface area contributed by atoms with E-state index in [0.29, 0.717) is 12.3 Å². The number of carbonyl (C=O) groups excluding carboxylic acids is 2. The van der Waals surface area contributed by atoms with Gasteiger partial charge in [-0.3, -0.25) is 9.59 Å². The van der Waals surface area contributed by atoms with E-state index >= 15 is 0 Å². The number of aromatic nitrogens is 1. The van der Waals surface area contributed by atoms with Gasteiger partial charge in [0.05, 0.1) is 30.8 Å². The van der Waals surface area contributed by atoms with Crippen LogP contribution in [0.5, 0.6) is 5.75 Å². The summed E-state index contributed by atoms with van der Waals surface area (Å²) in [5.74, 6) is 0.466. The Bertz CT molecular complexity index is 800. The first-order valence-corrected chi connectivity index (χ1v) is 10.8. The molecule has 0 aliphatic heterocycles. The van der Waals surface area contributed by atoms with Crippen LogP contribution in [0.2, 0.25) is 0 Å². The monoisotopic (exact) mass is 401 g/mol. The molecule has 1 fully saturated rings. The molecule has 1 aliphatic rings. The number of hydrogen-bond acceptors (Lipinski definition) is 5. The van der Waals surface area contributed by atoms with Gasteiger partial charge in [0.1, 0.15) is 10.8 Å². The second kappa shape index (κ2) is 10.2. The summed E-state index contributed by atoms with van der Waals surface area (Å²) < 4.78 is 5.65. The van der Waals surface area contributed by atoms with Crippen LogP contribution >= 0.6 is 11.3 Å². The van der Waals surface area contributed by atoms with Gasteiger partial charge in [0.2, 0.25) is 11.8 Å². The van der Waals surface area contributed by atoms with Gasteiger partial charge in [-0.2, -0.15) is 0 Å². The van der Waals surface area contributed by atoms with E-state index in [0.717, 1.165) is 42.0 Å². The largest absolute Gasteiger partial charge is 0.493 e. The zero-order valence-corrected chi connectivity index (χ0v) is 17.0. The molecule has 3 rings (SSSR count). The summed E-state index contributed by atoms with van der Waals surface area (Å²) in [4.78, 5) is 28.7. The fourth-order valence-electron chi connectivity index (χ4n) is 3.37. The first kappa shape index (κ1) is 20.3. The van der Waals surface area contributed by atoms with Crippen molar-refractivity contribution >= 4 is 23.2 Å². The Kier molecular flexibility index (Phi) is 7.42. The smallest absolute Gasteiger partial charge is 0.239 e. The Balaban J connectivity index is 1.49. The number of hydrogen-bond donors (Lipinski definition) is 2. The third kappa shape index (κ3) is 5.79. The molecule has 0 radical (unpaired) electrons. The van der Waals surface area contributed by atoms with Crippen LogP contribution < -0.4 is 15.4 Å². The van der Waals surface area contributed by atoms with Crippen LogP contribution in [0.15, 0.2) is 29.6 Å². The van der Waals surface area contributed by atoms with E-state index in [4.69, 9.17) is 4.74 Å².